The highest BCUT2D eigenvalue weighted by molar-refractivity contribution is 5.43. The number of fused-ring (bicyclic) bond motifs is 2. The van der Waals surface area contributed by atoms with Gasteiger partial charge in [0.15, 0.2) is 0 Å². The summed E-state index contributed by atoms with van der Waals surface area (Å²) in [6, 6.07) is 5.94. The van der Waals surface area contributed by atoms with Crippen LogP contribution in [0.25, 0.3) is 0 Å². The van der Waals surface area contributed by atoms with E-state index in [4.69, 9.17) is 10.5 Å². The van der Waals surface area contributed by atoms with Crippen LogP contribution in [0.5, 0.6) is 5.75 Å². The SMILES string of the molecule is NC1CCc2ccc(O)cc2C12CCOCC2. The van der Waals surface area contributed by atoms with Crippen LogP contribution in [0.1, 0.15) is 30.4 Å². The number of rotatable bonds is 0. The van der Waals surface area contributed by atoms with Crippen LogP contribution >= 0.6 is 0 Å². The maximum Gasteiger partial charge on any atom is 0.115 e. The summed E-state index contributed by atoms with van der Waals surface area (Å²) in [7, 11) is 0. The van der Waals surface area contributed by atoms with Gasteiger partial charge < -0.3 is 15.6 Å². The molecule has 3 nitrogen and oxygen atoms in total. The van der Waals surface area contributed by atoms with E-state index < -0.39 is 0 Å². The molecular formula is C14H19NO2. The van der Waals surface area contributed by atoms with Gasteiger partial charge in [-0.25, -0.2) is 0 Å². The fourth-order valence-electron chi connectivity index (χ4n) is 3.41. The van der Waals surface area contributed by atoms with Gasteiger partial charge in [-0.2, -0.15) is 0 Å². The predicted molar refractivity (Wildman–Crippen MR) is 66.1 cm³/mol. The molecule has 17 heavy (non-hydrogen) atoms. The van der Waals surface area contributed by atoms with Crippen molar-refractivity contribution in [2.45, 2.75) is 37.1 Å². The summed E-state index contributed by atoms with van der Waals surface area (Å²) >= 11 is 0. The van der Waals surface area contributed by atoms with Gasteiger partial charge in [0.1, 0.15) is 5.75 Å². The van der Waals surface area contributed by atoms with Gasteiger partial charge in [0.25, 0.3) is 0 Å². The van der Waals surface area contributed by atoms with Gasteiger partial charge in [0, 0.05) is 24.7 Å². The lowest BCUT2D eigenvalue weighted by Crippen LogP contribution is -2.51. The Balaban J connectivity index is 2.11. The second-order valence-electron chi connectivity index (χ2n) is 5.26. The van der Waals surface area contributed by atoms with Crippen molar-refractivity contribution < 1.29 is 9.84 Å². The minimum atomic E-state index is 0.0323. The van der Waals surface area contributed by atoms with Gasteiger partial charge in [-0.3, -0.25) is 0 Å². The third kappa shape index (κ3) is 1.65. The molecule has 1 saturated heterocycles. The molecule has 0 radical (unpaired) electrons. The smallest absolute Gasteiger partial charge is 0.115 e. The molecule has 1 atom stereocenters. The molecule has 92 valence electrons. The average Bonchev–Trinajstić information content (AvgIpc) is 2.36. The Labute approximate surface area is 102 Å². The summed E-state index contributed by atoms with van der Waals surface area (Å²) in [6.07, 6.45) is 4.02. The Kier molecular flexibility index (Phi) is 2.60. The Hall–Kier alpha value is -1.06. The number of aromatic hydroxyl groups is 1. The third-order valence-electron chi connectivity index (χ3n) is 4.45. The molecule has 0 aromatic heterocycles. The highest BCUT2D eigenvalue weighted by atomic mass is 16.5. The van der Waals surface area contributed by atoms with Crippen LogP contribution in [0.2, 0.25) is 0 Å². The minimum absolute atomic E-state index is 0.0323. The third-order valence-corrected chi connectivity index (χ3v) is 4.45. The summed E-state index contributed by atoms with van der Waals surface area (Å²) in [5.41, 5.74) is 9.02. The van der Waals surface area contributed by atoms with E-state index in [2.05, 4.69) is 0 Å². The quantitative estimate of drug-likeness (QED) is 0.717. The zero-order valence-electron chi connectivity index (χ0n) is 9.98. The van der Waals surface area contributed by atoms with E-state index in [1.807, 2.05) is 12.1 Å². The molecule has 1 aliphatic carbocycles. The Bertz CT molecular complexity index is 424. The summed E-state index contributed by atoms with van der Waals surface area (Å²) in [6.45, 7) is 1.56. The van der Waals surface area contributed by atoms with Crippen LogP contribution in [-0.4, -0.2) is 24.4 Å². The largest absolute Gasteiger partial charge is 0.508 e. The highest BCUT2D eigenvalue weighted by Gasteiger charge is 2.43. The van der Waals surface area contributed by atoms with Crippen molar-refractivity contribution in [3.63, 3.8) is 0 Å². The van der Waals surface area contributed by atoms with E-state index in [0.29, 0.717) is 5.75 Å². The molecule has 1 aromatic carbocycles. The molecule has 1 heterocycles. The van der Waals surface area contributed by atoms with Crippen LogP contribution in [0.15, 0.2) is 18.2 Å². The fraction of sp³-hybridized carbons (Fsp3) is 0.571. The number of ether oxygens (including phenoxy) is 1. The molecule has 3 rings (SSSR count). The second kappa shape index (κ2) is 4.00. The number of phenolic OH excluding ortho intramolecular Hbond substituents is 1. The predicted octanol–water partition coefficient (Wildman–Crippen LogP) is 1.71. The molecule has 1 unspecified atom stereocenters. The molecule has 1 fully saturated rings. The molecule has 0 bridgehead atoms. The van der Waals surface area contributed by atoms with E-state index in [-0.39, 0.29) is 11.5 Å². The summed E-state index contributed by atoms with van der Waals surface area (Å²) < 4.78 is 5.47. The second-order valence-corrected chi connectivity index (χ2v) is 5.26. The summed E-state index contributed by atoms with van der Waals surface area (Å²) in [5, 5.41) is 9.72. The number of hydrogen-bond donors (Lipinski definition) is 2. The average molecular weight is 233 g/mol. The number of aryl methyl sites for hydroxylation is 1. The molecule has 3 heteroatoms. The van der Waals surface area contributed by atoms with Crippen LogP contribution in [0, 0.1) is 0 Å². The number of phenols is 1. The van der Waals surface area contributed by atoms with Crippen molar-refractivity contribution in [1.29, 1.82) is 0 Å². The molecule has 2 aliphatic rings. The Morgan fingerprint density at radius 3 is 2.82 bits per heavy atom. The monoisotopic (exact) mass is 233 g/mol. The van der Waals surface area contributed by atoms with E-state index in [1.54, 1.807) is 6.07 Å². The van der Waals surface area contributed by atoms with E-state index in [1.165, 1.54) is 11.1 Å². The standard InChI is InChI=1S/C14H19NO2/c15-13-4-2-10-1-3-11(16)9-12(10)14(13)5-7-17-8-6-14/h1,3,9,13,16H,2,4-8,15H2. The van der Waals surface area contributed by atoms with Crippen LogP contribution in [0.3, 0.4) is 0 Å². The van der Waals surface area contributed by atoms with Gasteiger partial charge in [0.2, 0.25) is 0 Å². The van der Waals surface area contributed by atoms with Crippen molar-refractivity contribution in [2.75, 3.05) is 13.2 Å². The van der Waals surface area contributed by atoms with Gasteiger partial charge in [-0.1, -0.05) is 6.07 Å². The maximum absolute atomic E-state index is 9.72. The van der Waals surface area contributed by atoms with Crippen LogP contribution in [-0.2, 0) is 16.6 Å². The molecule has 0 amide bonds. The van der Waals surface area contributed by atoms with Gasteiger partial charge >= 0.3 is 0 Å². The first kappa shape index (κ1) is 11.1. The Morgan fingerprint density at radius 2 is 2.06 bits per heavy atom. The van der Waals surface area contributed by atoms with Gasteiger partial charge in [-0.15, -0.1) is 0 Å². The van der Waals surface area contributed by atoms with Crippen molar-refractivity contribution in [1.82, 2.24) is 0 Å². The zero-order valence-corrected chi connectivity index (χ0v) is 9.98. The van der Waals surface area contributed by atoms with E-state index >= 15 is 0 Å². The number of hydrogen-bond acceptors (Lipinski definition) is 3. The normalized spacial score (nSPS) is 26.8. The maximum atomic E-state index is 9.72. The molecule has 1 aromatic rings. The van der Waals surface area contributed by atoms with Gasteiger partial charge in [-0.05, 0) is 48.9 Å². The molecule has 0 saturated carbocycles. The van der Waals surface area contributed by atoms with Crippen LogP contribution in [0.4, 0.5) is 0 Å². The van der Waals surface area contributed by atoms with Crippen molar-refractivity contribution >= 4 is 0 Å². The topological polar surface area (TPSA) is 55.5 Å². The van der Waals surface area contributed by atoms with Crippen molar-refractivity contribution in [3.8, 4) is 5.75 Å². The lowest BCUT2D eigenvalue weighted by atomic mass is 9.63. The summed E-state index contributed by atoms with van der Waals surface area (Å²) in [5.74, 6) is 0.351. The molecular weight excluding hydrogens is 214 g/mol. The van der Waals surface area contributed by atoms with Crippen molar-refractivity contribution in [2.24, 2.45) is 5.73 Å². The summed E-state index contributed by atoms with van der Waals surface area (Å²) in [4.78, 5) is 0. The number of benzene rings is 1. The van der Waals surface area contributed by atoms with E-state index in [9.17, 15) is 5.11 Å². The first-order valence-electron chi connectivity index (χ1n) is 6.38. The van der Waals surface area contributed by atoms with Crippen LogP contribution < -0.4 is 5.73 Å². The lowest BCUT2D eigenvalue weighted by molar-refractivity contribution is 0.0359. The first-order chi connectivity index (χ1) is 8.22. The minimum Gasteiger partial charge on any atom is -0.508 e. The van der Waals surface area contributed by atoms with Gasteiger partial charge in [0.05, 0.1) is 0 Å². The van der Waals surface area contributed by atoms with Crippen molar-refractivity contribution in [3.05, 3.63) is 29.3 Å². The van der Waals surface area contributed by atoms with E-state index in [0.717, 1.165) is 38.9 Å². The molecule has 1 aliphatic heterocycles. The fourth-order valence-corrected chi connectivity index (χ4v) is 3.41. The zero-order chi connectivity index (χ0) is 11.9. The first-order valence-corrected chi connectivity index (χ1v) is 6.38. The Morgan fingerprint density at radius 1 is 1.29 bits per heavy atom. The molecule has 1 spiro atoms. The molecule has 3 N–H and O–H groups in total. The number of nitrogens with two attached hydrogens (primary N) is 1. The highest BCUT2D eigenvalue weighted by Crippen LogP contribution is 2.44. The lowest BCUT2D eigenvalue weighted by Gasteiger charge is -2.46.